The van der Waals surface area contributed by atoms with E-state index in [0.717, 1.165) is 23.1 Å². The van der Waals surface area contributed by atoms with Crippen molar-refractivity contribution in [3.8, 4) is 11.1 Å². The van der Waals surface area contributed by atoms with Crippen LogP contribution in [-0.4, -0.2) is 22.4 Å². The van der Waals surface area contributed by atoms with Gasteiger partial charge in [0.1, 0.15) is 5.75 Å². The zero-order chi connectivity index (χ0) is 22.4. The molecule has 0 spiro atoms. The van der Waals surface area contributed by atoms with Gasteiger partial charge in [0.2, 0.25) is 5.91 Å². The van der Waals surface area contributed by atoms with E-state index < -0.39 is 10.8 Å². The van der Waals surface area contributed by atoms with Crippen molar-refractivity contribution in [3.05, 3.63) is 72.3 Å². The Labute approximate surface area is 184 Å². The summed E-state index contributed by atoms with van der Waals surface area (Å²) in [5, 5.41) is 5.20. The lowest BCUT2D eigenvalue weighted by Gasteiger charge is -2.07. The molecule has 4 heteroatoms. The molecule has 1 N–H and O–H groups in total. The highest BCUT2D eigenvalue weighted by Crippen LogP contribution is 2.25. The SMILES string of the molecule is CC.CC.CCCNC(=O)CS(=O)Cc1ccc(-c2ccc3ccccc3c2)cc1. The normalized spacial score (nSPS) is 10.8. The minimum absolute atomic E-state index is 0.0619. The van der Waals surface area contributed by atoms with Crippen LogP contribution in [0.2, 0.25) is 0 Å². The highest BCUT2D eigenvalue weighted by molar-refractivity contribution is 7.84. The Morgan fingerprint density at radius 3 is 2.07 bits per heavy atom. The number of hydrogen-bond acceptors (Lipinski definition) is 2. The predicted octanol–water partition coefficient (Wildman–Crippen LogP) is 6.33. The lowest BCUT2D eigenvalue weighted by Crippen LogP contribution is -2.29. The second kappa shape index (κ2) is 14.5. The van der Waals surface area contributed by atoms with Gasteiger partial charge in [0.05, 0.1) is 0 Å². The molecule has 0 bridgehead atoms. The molecule has 1 amide bonds. The quantitative estimate of drug-likeness (QED) is 0.480. The van der Waals surface area contributed by atoms with Crippen molar-refractivity contribution >= 4 is 27.5 Å². The summed E-state index contributed by atoms with van der Waals surface area (Å²) in [6, 6.07) is 22.8. The van der Waals surface area contributed by atoms with Crippen LogP contribution in [0.1, 0.15) is 46.6 Å². The predicted molar refractivity (Wildman–Crippen MR) is 132 cm³/mol. The Morgan fingerprint density at radius 1 is 0.833 bits per heavy atom. The van der Waals surface area contributed by atoms with Crippen LogP contribution < -0.4 is 5.32 Å². The second-order valence-corrected chi connectivity index (χ2v) is 7.79. The molecule has 0 aromatic heterocycles. The van der Waals surface area contributed by atoms with Crippen LogP contribution in [-0.2, 0) is 21.3 Å². The maximum Gasteiger partial charge on any atom is 0.232 e. The van der Waals surface area contributed by atoms with E-state index in [-0.39, 0.29) is 11.7 Å². The maximum atomic E-state index is 12.1. The van der Waals surface area contributed by atoms with Crippen molar-refractivity contribution < 1.29 is 9.00 Å². The Balaban J connectivity index is 0.00000106. The van der Waals surface area contributed by atoms with Gasteiger partial charge in [-0.15, -0.1) is 0 Å². The van der Waals surface area contributed by atoms with Crippen LogP contribution in [0, 0.1) is 0 Å². The summed E-state index contributed by atoms with van der Waals surface area (Å²) in [6.45, 7) is 10.6. The van der Waals surface area contributed by atoms with Crippen molar-refractivity contribution in [2.45, 2.75) is 46.8 Å². The van der Waals surface area contributed by atoms with Gasteiger partial charge in [0.25, 0.3) is 0 Å². The second-order valence-electron chi connectivity index (χ2n) is 6.34. The number of fused-ring (bicyclic) bond motifs is 1. The number of benzene rings is 3. The Bertz CT molecular complexity index is 920. The van der Waals surface area contributed by atoms with E-state index in [1.165, 1.54) is 10.8 Å². The number of hydrogen-bond donors (Lipinski definition) is 1. The van der Waals surface area contributed by atoms with E-state index in [9.17, 15) is 9.00 Å². The molecule has 1 atom stereocenters. The third-order valence-electron chi connectivity index (χ3n) is 4.23. The van der Waals surface area contributed by atoms with Gasteiger partial charge >= 0.3 is 0 Å². The van der Waals surface area contributed by atoms with Gasteiger partial charge in [-0.25, -0.2) is 0 Å². The smallest absolute Gasteiger partial charge is 0.232 e. The lowest BCUT2D eigenvalue weighted by atomic mass is 10.0. The molecule has 0 fully saturated rings. The summed E-state index contributed by atoms with van der Waals surface area (Å²) in [6.07, 6.45) is 0.884. The third-order valence-corrected chi connectivity index (χ3v) is 5.47. The molecule has 162 valence electrons. The van der Waals surface area contributed by atoms with E-state index in [2.05, 4.69) is 35.6 Å². The van der Waals surface area contributed by atoms with E-state index in [1.54, 1.807) is 0 Å². The fraction of sp³-hybridized carbons (Fsp3) is 0.346. The van der Waals surface area contributed by atoms with Crippen molar-refractivity contribution in [2.75, 3.05) is 12.3 Å². The number of amides is 1. The number of carbonyl (C=O) groups is 1. The Hall–Kier alpha value is -2.46. The van der Waals surface area contributed by atoms with Crippen LogP contribution >= 0.6 is 0 Å². The maximum absolute atomic E-state index is 12.1. The number of rotatable bonds is 7. The van der Waals surface area contributed by atoms with Crippen molar-refractivity contribution in [1.29, 1.82) is 0 Å². The van der Waals surface area contributed by atoms with E-state index in [1.807, 2.05) is 71.0 Å². The summed E-state index contributed by atoms with van der Waals surface area (Å²) >= 11 is 0. The average Bonchev–Trinajstić information content (AvgIpc) is 2.80. The van der Waals surface area contributed by atoms with Gasteiger partial charge < -0.3 is 5.32 Å². The molecule has 3 aromatic carbocycles. The topological polar surface area (TPSA) is 46.2 Å². The summed E-state index contributed by atoms with van der Waals surface area (Å²) in [5.41, 5.74) is 3.28. The number of carbonyl (C=O) groups excluding carboxylic acids is 1. The Morgan fingerprint density at radius 2 is 1.43 bits per heavy atom. The zero-order valence-corrected chi connectivity index (χ0v) is 19.7. The molecule has 0 aliphatic rings. The molecular formula is C26H35NO2S. The fourth-order valence-corrected chi connectivity index (χ4v) is 3.92. The highest BCUT2D eigenvalue weighted by Gasteiger charge is 2.08. The molecule has 0 saturated heterocycles. The molecule has 3 nitrogen and oxygen atoms in total. The highest BCUT2D eigenvalue weighted by atomic mass is 32.2. The number of nitrogens with one attached hydrogen (secondary N) is 1. The van der Waals surface area contributed by atoms with Crippen LogP contribution in [0.15, 0.2) is 66.7 Å². The molecule has 0 heterocycles. The van der Waals surface area contributed by atoms with E-state index >= 15 is 0 Å². The monoisotopic (exact) mass is 425 g/mol. The van der Waals surface area contributed by atoms with Gasteiger partial charge in [-0.1, -0.05) is 95.3 Å². The van der Waals surface area contributed by atoms with Gasteiger partial charge in [0.15, 0.2) is 0 Å². The van der Waals surface area contributed by atoms with Crippen molar-refractivity contribution in [2.24, 2.45) is 0 Å². The van der Waals surface area contributed by atoms with Crippen molar-refractivity contribution in [1.82, 2.24) is 5.32 Å². The molecule has 0 saturated carbocycles. The summed E-state index contributed by atoms with van der Waals surface area (Å²) in [7, 11) is -1.19. The molecule has 3 aromatic rings. The molecule has 0 radical (unpaired) electrons. The molecule has 30 heavy (non-hydrogen) atoms. The summed E-state index contributed by atoms with van der Waals surface area (Å²) < 4.78 is 12.1. The van der Waals surface area contributed by atoms with Crippen LogP contribution in [0.25, 0.3) is 21.9 Å². The first-order chi connectivity index (χ1) is 14.7. The fourth-order valence-electron chi connectivity index (χ4n) is 2.86. The van der Waals surface area contributed by atoms with Gasteiger partial charge in [-0.05, 0) is 39.9 Å². The first-order valence-electron chi connectivity index (χ1n) is 10.9. The lowest BCUT2D eigenvalue weighted by molar-refractivity contribution is -0.118. The van der Waals surface area contributed by atoms with Gasteiger partial charge in [-0.3, -0.25) is 9.00 Å². The van der Waals surface area contributed by atoms with E-state index in [0.29, 0.717) is 12.3 Å². The molecule has 0 aliphatic heterocycles. The van der Waals surface area contributed by atoms with Gasteiger partial charge in [-0.2, -0.15) is 0 Å². The van der Waals surface area contributed by atoms with Crippen molar-refractivity contribution in [3.63, 3.8) is 0 Å². The first-order valence-corrected chi connectivity index (χ1v) is 12.3. The molecule has 3 rings (SSSR count). The molecule has 0 aliphatic carbocycles. The summed E-state index contributed by atoms with van der Waals surface area (Å²) in [5.74, 6) is 0.322. The first kappa shape index (κ1) is 25.6. The van der Waals surface area contributed by atoms with Crippen LogP contribution in [0.4, 0.5) is 0 Å². The minimum atomic E-state index is -1.19. The zero-order valence-electron chi connectivity index (χ0n) is 18.9. The molecular weight excluding hydrogens is 390 g/mol. The van der Waals surface area contributed by atoms with Crippen LogP contribution in [0.3, 0.4) is 0 Å². The minimum Gasteiger partial charge on any atom is -0.355 e. The largest absolute Gasteiger partial charge is 0.355 e. The molecule has 1 unspecified atom stereocenters. The van der Waals surface area contributed by atoms with E-state index in [4.69, 9.17) is 0 Å². The summed E-state index contributed by atoms with van der Waals surface area (Å²) in [4.78, 5) is 11.6. The third kappa shape index (κ3) is 8.11. The van der Waals surface area contributed by atoms with Gasteiger partial charge in [0, 0.05) is 23.1 Å². The van der Waals surface area contributed by atoms with Crippen LogP contribution in [0.5, 0.6) is 0 Å². The Kier molecular flexibility index (Phi) is 12.4. The average molecular weight is 426 g/mol. The standard InChI is InChI=1S/C22H23NO2S.2C2H6/c1-2-13-23-22(24)16-26(25)15-17-7-9-19(10-8-17)21-12-11-18-5-3-4-6-20(18)14-21;2*1-2/h3-12,14H,2,13,15-16H2,1H3,(H,23,24);2*1-2H3.